The molecular weight excluding hydrogens is 268 g/mol. The van der Waals surface area contributed by atoms with Crippen molar-refractivity contribution in [3.8, 4) is 0 Å². The molecular formula is C12H22N2O4S. The average molecular weight is 290 g/mol. The Morgan fingerprint density at radius 2 is 2.26 bits per heavy atom. The summed E-state index contributed by atoms with van der Waals surface area (Å²) in [6.45, 7) is 3.01. The number of carbonyl (C=O) groups excluding carboxylic acids is 1. The first kappa shape index (κ1) is 16.1. The molecule has 0 bridgehead atoms. The van der Waals surface area contributed by atoms with Crippen LogP contribution in [0.3, 0.4) is 0 Å². The van der Waals surface area contributed by atoms with Crippen LogP contribution in [0.5, 0.6) is 0 Å². The van der Waals surface area contributed by atoms with Gasteiger partial charge in [-0.25, -0.2) is 9.59 Å². The molecule has 2 unspecified atom stereocenters. The molecule has 1 aliphatic heterocycles. The second kappa shape index (κ2) is 8.27. The summed E-state index contributed by atoms with van der Waals surface area (Å²) in [7, 11) is 1.53. The van der Waals surface area contributed by atoms with Crippen molar-refractivity contribution in [3.63, 3.8) is 0 Å². The predicted molar refractivity (Wildman–Crippen MR) is 74.6 cm³/mol. The van der Waals surface area contributed by atoms with E-state index in [4.69, 9.17) is 9.84 Å². The van der Waals surface area contributed by atoms with Crippen LogP contribution in [0.25, 0.3) is 0 Å². The van der Waals surface area contributed by atoms with E-state index in [2.05, 4.69) is 12.2 Å². The maximum Gasteiger partial charge on any atom is 0.326 e. The first-order valence-corrected chi connectivity index (χ1v) is 7.63. The average Bonchev–Trinajstić information content (AvgIpc) is 2.82. The molecule has 1 aliphatic rings. The monoisotopic (exact) mass is 290 g/mol. The standard InChI is InChI=1S/C12H22N2O4S/c1-3-19-6-4-5-13-12(17)14-8-9(18-2)7-10(14)11(15)16/h9-10H,3-8H2,1-2H3,(H,13,17)(H,15,16). The molecule has 0 radical (unpaired) electrons. The van der Waals surface area contributed by atoms with Gasteiger partial charge in [-0.2, -0.15) is 11.8 Å². The third-order valence-electron chi connectivity index (χ3n) is 3.09. The maximum atomic E-state index is 11.9. The highest BCUT2D eigenvalue weighted by Crippen LogP contribution is 2.20. The lowest BCUT2D eigenvalue weighted by Crippen LogP contribution is -2.46. The van der Waals surface area contributed by atoms with Gasteiger partial charge in [0.15, 0.2) is 0 Å². The second-order valence-electron chi connectivity index (χ2n) is 4.38. The third-order valence-corrected chi connectivity index (χ3v) is 4.07. The molecule has 0 saturated carbocycles. The van der Waals surface area contributed by atoms with Crippen LogP contribution in [0.1, 0.15) is 19.8 Å². The Hall–Kier alpha value is -0.950. The highest BCUT2D eigenvalue weighted by molar-refractivity contribution is 7.99. The Morgan fingerprint density at radius 3 is 2.84 bits per heavy atom. The smallest absolute Gasteiger partial charge is 0.326 e. The number of methoxy groups -OCH3 is 1. The molecule has 7 heteroatoms. The van der Waals surface area contributed by atoms with E-state index in [0.29, 0.717) is 19.5 Å². The molecule has 0 spiro atoms. The van der Waals surface area contributed by atoms with Gasteiger partial charge in [-0.3, -0.25) is 0 Å². The number of carboxylic acid groups (broad SMARTS) is 1. The minimum atomic E-state index is -0.976. The number of likely N-dealkylation sites (tertiary alicyclic amines) is 1. The van der Waals surface area contributed by atoms with Crippen LogP contribution in [-0.4, -0.2) is 65.9 Å². The molecule has 1 fully saturated rings. The van der Waals surface area contributed by atoms with Crippen molar-refractivity contribution < 1.29 is 19.4 Å². The van der Waals surface area contributed by atoms with Crippen molar-refractivity contribution in [3.05, 3.63) is 0 Å². The second-order valence-corrected chi connectivity index (χ2v) is 5.78. The normalized spacial score (nSPS) is 22.5. The van der Waals surface area contributed by atoms with Crippen molar-refractivity contribution in [2.75, 3.05) is 31.7 Å². The number of urea groups is 1. The fourth-order valence-electron chi connectivity index (χ4n) is 2.04. The summed E-state index contributed by atoms with van der Waals surface area (Å²) >= 11 is 1.82. The van der Waals surface area contributed by atoms with E-state index in [1.807, 2.05) is 11.8 Å². The molecule has 1 heterocycles. The summed E-state index contributed by atoms with van der Waals surface area (Å²) in [5.41, 5.74) is 0. The fraction of sp³-hybridized carbons (Fsp3) is 0.833. The number of thioether (sulfide) groups is 1. The Bertz CT molecular complexity index is 314. The number of hydrogen-bond donors (Lipinski definition) is 2. The topological polar surface area (TPSA) is 78.9 Å². The van der Waals surface area contributed by atoms with E-state index < -0.39 is 12.0 Å². The van der Waals surface area contributed by atoms with Crippen LogP contribution in [0.4, 0.5) is 4.79 Å². The number of carbonyl (C=O) groups is 2. The number of nitrogens with one attached hydrogen (secondary N) is 1. The number of hydrogen-bond acceptors (Lipinski definition) is 4. The van der Waals surface area contributed by atoms with Gasteiger partial charge in [0.2, 0.25) is 0 Å². The van der Waals surface area contributed by atoms with Crippen molar-refractivity contribution >= 4 is 23.8 Å². The molecule has 2 amide bonds. The quantitative estimate of drug-likeness (QED) is 0.684. The highest BCUT2D eigenvalue weighted by Gasteiger charge is 2.39. The molecule has 0 aromatic rings. The SMILES string of the molecule is CCSCCCNC(=O)N1CC(OC)CC1C(=O)O. The van der Waals surface area contributed by atoms with Crippen molar-refractivity contribution in [2.45, 2.75) is 31.9 Å². The van der Waals surface area contributed by atoms with Gasteiger partial charge in [0.25, 0.3) is 0 Å². The number of rotatable bonds is 7. The first-order valence-electron chi connectivity index (χ1n) is 6.48. The molecule has 6 nitrogen and oxygen atoms in total. The van der Waals surface area contributed by atoms with Gasteiger partial charge >= 0.3 is 12.0 Å². The van der Waals surface area contributed by atoms with E-state index in [0.717, 1.165) is 17.9 Å². The van der Waals surface area contributed by atoms with Gasteiger partial charge in [0.1, 0.15) is 6.04 Å². The summed E-state index contributed by atoms with van der Waals surface area (Å²) < 4.78 is 5.14. The Morgan fingerprint density at radius 1 is 1.53 bits per heavy atom. The summed E-state index contributed by atoms with van der Waals surface area (Å²) in [5, 5.41) is 11.9. The summed E-state index contributed by atoms with van der Waals surface area (Å²) in [6, 6.07) is -1.09. The number of aliphatic carboxylic acids is 1. The van der Waals surface area contributed by atoms with Crippen LogP contribution in [0.2, 0.25) is 0 Å². The highest BCUT2D eigenvalue weighted by atomic mass is 32.2. The largest absolute Gasteiger partial charge is 0.480 e. The van der Waals surface area contributed by atoms with Gasteiger partial charge in [0, 0.05) is 26.6 Å². The Labute approximate surface area is 117 Å². The number of carboxylic acids is 1. The van der Waals surface area contributed by atoms with Crippen LogP contribution in [-0.2, 0) is 9.53 Å². The van der Waals surface area contributed by atoms with Gasteiger partial charge < -0.3 is 20.1 Å². The maximum absolute atomic E-state index is 11.9. The first-order chi connectivity index (χ1) is 9.10. The van der Waals surface area contributed by atoms with Crippen LogP contribution in [0, 0.1) is 0 Å². The van der Waals surface area contributed by atoms with Crippen LogP contribution >= 0.6 is 11.8 Å². The summed E-state index contributed by atoms with van der Waals surface area (Å²) in [5.74, 6) is 1.09. The summed E-state index contributed by atoms with van der Waals surface area (Å²) in [6.07, 6.45) is 1.05. The van der Waals surface area contributed by atoms with Gasteiger partial charge in [-0.15, -0.1) is 0 Å². The zero-order chi connectivity index (χ0) is 14.3. The minimum Gasteiger partial charge on any atom is -0.480 e. The minimum absolute atomic E-state index is 0.192. The van der Waals surface area contributed by atoms with Crippen LogP contribution in [0.15, 0.2) is 0 Å². The fourth-order valence-corrected chi connectivity index (χ4v) is 2.68. The van der Waals surface area contributed by atoms with Gasteiger partial charge in [-0.05, 0) is 17.9 Å². The van der Waals surface area contributed by atoms with Gasteiger partial charge in [-0.1, -0.05) is 6.92 Å². The van der Waals surface area contributed by atoms with E-state index in [1.54, 1.807) is 0 Å². The lowest BCUT2D eigenvalue weighted by atomic mass is 10.2. The molecule has 0 aliphatic carbocycles. The molecule has 1 rings (SSSR count). The zero-order valence-electron chi connectivity index (χ0n) is 11.4. The van der Waals surface area contributed by atoms with E-state index in [-0.39, 0.29) is 12.1 Å². The Kier molecular flexibility index (Phi) is 7.01. The molecule has 110 valence electrons. The van der Waals surface area contributed by atoms with E-state index >= 15 is 0 Å². The number of amides is 2. The number of nitrogens with zero attached hydrogens (tertiary/aromatic N) is 1. The van der Waals surface area contributed by atoms with Crippen molar-refractivity contribution in [1.82, 2.24) is 10.2 Å². The molecule has 0 aromatic heterocycles. The lowest BCUT2D eigenvalue weighted by molar-refractivity contribution is -0.141. The zero-order valence-corrected chi connectivity index (χ0v) is 12.2. The Balaban J connectivity index is 2.39. The molecule has 2 N–H and O–H groups in total. The van der Waals surface area contributed by atoms with E-state index in [9.17, 15) is 9.59 Å². The van der Waals surface area contributed by atoms with Gasteiger partial charge in [0.05, 0.1) is 6.10 Å². The predicted octanol–water partition coefficient (Wildman–Crippen LogP) is 1.01. The molecule has 19 heavy (non-hydrogen) atoms. The third kappa shape index (κ3) is 4.91. The van der Waals surface area contributed by atoms with Crippen LogP contribution < -0.4 is 5.32 Å². The number of ether oxygens (including phenoxy) is 1. The molecule has 0 aromatic carbocycles. The van der Waals surface area contributed by atoms with E-state index in [1.165, 1.54) is 12.0 Å². The molecule has 2 atom stereocenters. The molecule has 1 saturated heterocycles. The van der Waals surface area contributed by atoms with Crippen molar-refractivity contribution in [2.24, 2.45) is 0 Å². The lowest BCUT2D eigenvalue weighted by Gasteiger charge is -2.21. The van der Waals surface area contributed by atoms with Crippen molar-refractivity contribution in [1.29, 1.82) is 0 Å². The summed E-state index contributed by atoms with van der Waals surface area (Å²) in [4.78, 5) is 24.4.